The smallest absolute Gasteiger partial charge is 0.123 e. The summed E-state index contributed by atoms with van der Waals surface area (Å²) in [4.78, 5) is 6.81. The Labute approximate surface area is 108 Å². The van der Waals surface area contributed by atoms with Crippen LogP contribution in [0.1, 0.15) is 38.8 Å². The maximum Gasteiger partial charge on any atom is 0.123 e. The van der Waals surface area contributed by atoms with Crippen molar-refractivity contribution < 1.29 is 0 Å². The standard InChI is InChI=1S/C13H20ClN3/c1-9-4-3-5-10(2)17(9)8-12-11(14)6-7-13(15)16-12/h6-7,9-10H,3-5,8H2,1-2H3,(H2,15,16). The number of aromatic nitrogens is 1. The molecule has 2 heterocycles. The number of hydrogen-bond acceptors (Lipinski definition) is 3. The molecule has 2 unspecified atom stereocenters. The zero-order valence-electron chi connectivity index (χ0n) is 10.5. The highest BCUT2D eigenvalue weighted by atomic mass is 35.5. The van der Waals surface area contributed by atoms with Crippen LogP contribution in [0.2, 0.25) is 5.02 Å². The molecule has 1 saturated heterocycles. The van der Waals surface area contributed by atoms with Gasteiger partial charge in [-0.3, -0.25) is 4.90 Å². The summed E-state index contributed by atoms with van der Waals surface area (Å²) < 4.78 is 0. The second-order valence-electron chi connectivity index (χ2n) is 4.97. The summed E-state index contributed by atoms with van der Waals surface area (Å²) in [6, 6.07) is 4.77. The van der Waals surface area contributed by atoms with E-state index < -0.39 is 0 Å². The number of nitrogens with two attached hydrogens (primary N) is 1. The lowest BCUT2D eigenvalue weighted by atomic mass is 9.97. The first-order chi connectivity index (χ1) is 8.08. The molecule has 1 aliphatic rings. The van der Waals surface area contributed by atoms with E-state index in [1.165, 1.54) is 19.3 Å². The molecule has 1 aliphatic heterocycles. The Kier molecular flexibility index (Phi) is 3.89. The van der Waals surface area contributed by atoms with Crippen LogP contribution in [-0.4, -0.2) is 22.0 Å². The van der Waals surface area contributed by atoms with E-state index in [0.717, 1.165) is 12.2 Å². The maximum atomic E-state index is 6.17. The predicted octanol–water partition coefficient (Wildman–Crippen LogP) is 3.08. The van der Waals surface area contributed by atoms with Crippen LogP contribution in [-0.2, 0) is 6.54 Å². The van der Waals surface area contributed by atoms with Crippen molar-refractivity contribution >= 4 is 17.4 Å². The normalized spacial score (nSPS) is 26.1. The van der Waals surface area contributed by atoms with Gasteiger partial charge in [0.2, 0.25) is 0 Å². The molecule has 3 nitrogen and oxygen atoms in total. The molecule has 2 atom stereocenters. The number of nitrogen functional groups attached to an aromatic ring is 1. The summed E-state index contributed by atoms with van der Waals surface area (Å²) in [5.41, 5.74) is 6.61. The van der Waals surface area contributed by atoms with E-state index >= 15 is 0 Å². The summed E-state index contributed by atoms with van der Waals surface area (Å²) in [5, 5.41) is 0.712. The van der Waals surface area contributed by atoms with Crippen LogP contribution in [0.15, 0.2) is 12.1 Å². The van der Waals surface area contributed by atoms with E-state index in [0.29, 0.717) is 22.9 Å². The number of anilines is 1. The highest BCUT2D eigenvalue weighted by Gasteiger charge is 2.25. The minimum atomic E-state index is 0.543. The van der Waals surface area contributed by atoms with Gasteiger partial charge in [0.25, 0.3) is 0 Å². The number of rotatable bonds is 2. The Morgan fingerprint density at radius 3 is 2.65 bits per heavy atom. The number of piperidine rings is 1. The van der Waals surface area contributed by atoms with Gasteiger partial charge in [-0.15, -0.1) is 0 Å². The Morgan fingerprint density at radius 1 is 1.35 bits per heavy atom. The summed E-state index contributed by atoms with van der Waals surface area (Å²) in [5.74, 6) is 0.543. The molecule has 2 rings (SSSR count). The zero-order valence-corrected chi connectivity index (χ0v) is 11.2. The molecule has 2 N–H and O–H groups in total. The van der Waals surface area contributed by atoms with E-state index in [4.69, 9.17) is 17.3 Å². The van der Waals surface area contributed by atoms with E-state index in [2.05, 4.69) is 23.7 Å². The van der Waals surface area contributed by atoms with Gasteiger partial charge >= 0.3 is 0 Å². The molecule has 0 bridgehead atoms. The quantitative estimate of drug-likeness (QED) is 0.881. The SMILES string of the molecule is CC1CCCC(C)N1Cc1nc(N)ccc1Cl. The van der Waals surface area contributed by atoms with Gasteiger partial charge in [0.1, 0.15) is 5.82 Å². The first kappa shape index (κ1) is 12.7. The van der Waals surface area contributed by atoms with Gasteiger partial charge < -0.3 is 5.73 Å². The number of hydrogen-bond donors (Lipinski definition) is 1. The lowest BCUT2D eigenvalue weighted by Crippen LogP contribution is -2.43. The Morgan fingerprint density at radius 2 is 2.00 bits per heavy atom. The highest BCUT2D eigenvalue weighted by molar-refractivity contribution is 6.31. The molecule has 0 aliphatic carbocycles. The third-order valence-corrected chi connectivity index (χ3v) is 3.99. The second kappa shape index (κ2) is 5.23. The third-order valence-electron chi connectivity index (χ3n) is 3.65. The first-order valence-electron chi connectivity index (χ1n) is 6.24. The molecule has 4 heteroatoms. The van der Waals surface area contributed by atoms with Crippen molar-refractivity contribution in [3.63, 3.8) is 0 Å². The van der Waals surface area contributed by atoms with E-state index in [9.17, 15) is 0 Å². The van der Waals surface area contributed by atoms with Crippen LogP contribution in [0.5, 0.6) is 0 Å². The van der Waals surface area contributed by atoms with Gasteiger partial charge in [-0.05, 0) is 38.8 Å². The van der Waals surface area contributed by atoms with Gasteiger partial charge in [0.05, 0.1) is 10.7 Å². The van der Waals surface area contributed by atoms with Crippen LogP contribution >= 0.6 is 11.6 Å². The van der Waals surface area contributed by atoms with Crippen LogP contribution in [0.4, 0.5) is 5.82 Å². The van der Waals surface area contributed by atoms with Gasteiger partial charge in [-0.1, -0.05) is 18.0 Å². The second-order valence-corrected chi connectivity index (χ2v) is 5.37. The lowest BCUT2D eigenvalue weighted by Gasteiger charge is -2.38. The highest BCUT2D eigenvalue weighted by Crippen LogP contribution is 2.26. The van der Waals surface area contributed by atoms with Crippen molar-refractivity contribution in [3.05, 3.63) is 22.8 Å². The zero-order chi connectivity index (χ0) is 12.4. The maximum absolute atomic E-state index is 6.17. The van der Waals surface area contributed by atoms with E-state index in [1.807, 2.05) is 6.07 Å². The van der Waals surface area contributed by atoms with E-state index in [1.54, 1.807) is 6.07 Å². The Hall–Kier alpha value is -0.800. The summed E-state index contributed by atoms with van der Waals surface area (Å²) >= 11 is 6.17. The number of nitrogens with zero attached hydrogens (tertiary/aromatic N) is 2. The molecule has 1 fully saturated rings. The summed E-state index contributed by atoms with van der Waals surface area (Å²) in [7, 11) is 0. The number of halogens is 1. The fourth-order valence-electron chi connectivity index (χ4n) is 2.57. The van der Waals surface area contributed by atoms with Crippen LogP contribution < -0.4 is 5.73 Å². The molecule has 0 amide bonds. The van der Waals surface area contributed by atoms with Crippen molar-refractivity contribution in [1.82, 2.24) is 9.88 Å². The minimum Gasteiger partial charge on any atom is -0.384 e. The van der Waals surface area contributed by atoms with Crippen LogP contribution in [0.25, 0.3) is 0 Å². The van der Waals surface area contributed by atoms with Gasteiger partial charge in [-0.25, -0.2) is 4.98 Å². The number of pyridine rings is 1. The predicted molar refractivity (Wildman–Crippen MR) is 72.0 cm³/mol. The number of likely N-dealkylation sites (tertiary alicyclic amines) is 1. The van der Waals surface area contributed by atoms with Gasteiger partial charge in [-0.2, -0.15) is 0 Å². The van der Waals surface area contributed by atoms with Crippen LogP contribution in [0.3, 0.4) is 0 Å². The van der Waals surface area contributed by atoms with Crippen molar-refractivity contribution in [2.75, 3.05) is 5.73 Å². The molecular weight excluding hydrogens is 234 g/mol. The van der Waals surface area contributed by atoms with Crippen molar-refractivity contribution in [1.29, 1.82) is 0 Å². The molecule has 0 aromatic carbocycles. The van der Waals surface area contributed by atoms with E-state index in [-0.39, 0.29) is 0 Å². The van der Waals surface area contributed by atoms with Crippen molar-refractivity contribution in [2.24, 2.45) is 0 Å². The first-order valence-corrected chi connectivity index (χ1v) is 6.62. The molecule has 94 valence electrons. The molecular formula is C13H20ClN3. The summed E-state index contributed by atoms with van der Waals surface area (Å²) in [6.45, 7) is 5.35. The monoisotopic (exact) mass is 253 g/mol. The van der Waals surface area contributed by atoms with Gasteiger partial charge in [0, 0.05) is 18.6 Å². The molecule has 17 heavy (non-hydrogen) atoms. The average molecular weight is 254 g/mol. The molecule has 0 saturated carbocycles. The third kappa shape index (κ3) is 2.90. The fraction of sp³-hybridized carbons (Fsp3) is 0.615. The van der Waals surface area contributed by atoms with Crippen molar-refractivity contribution in [3.8, 4) is 0 Å². The Balaban J connectivity index is 2.16. The lowest BCUT2D eigenvalue weighted by molar-refractivity contribution is 0.0939. The van der Waals surface area contributed by atoms with Gasteiger partial charge in [0.15, 0.2) is 0 Å². The largest absolute Gasteiger partial charge is 0.384 e. The molecule has 1 aromatic heterocycles. The summed E-state index contributed by atoms with van der Waals surface area (Å²) in [6.07, 6.45) is 3.82. The Bertz CT molecular complexity index is 384. The van der Waals surface area contributed by atoms with Crippen molar-refractivity contribution in [2.45, 2.75) is 51.7 Å². The van der Waals surface area contributed by atoms with Crippen LogP contribution in [0, 0.1) is 0 Å². The average Bonchev–Trinajstić information content (AvgIpc) is 2.28. The topological polar surface area (TPSA) is 42.2 Å². The fourth-order valence-corrected chi connectivity index (χ4v) is 2.74. The molecule has 1 aromatic rings. The molecule has 0 radical (unpaired) electrons. The molecule has 0 spiro atoms. The minimum absolute atomic E-state index is 0.543.